The van der Waals surface area contributed by atoms with E-state index in [0.717, 1.165) is 0 Å². The van der Waals surface area contributed by atoms with Crippen LogP contribution < -0.4 is 5.32 Å². The van der Waals surface area contributed by atoms with Gasteiger partial charge in [0, 0.05) is 12.4 Å². The van der Waals surface area contributed by atoms with Gasteiger partial charge >= 0.3 is 0 Å². The molecule has 0 atom stereocenters. The summed E-state index contributed by atoms with van der Waals surface area (Å²) < 4.78 is 33.1. The van der Waals surface area contributed by atoms with E-state index in [9.17, 15) is 13.6 Å². The van der Waals surface area contributed by atoms with Gasteiger partial charge in [0.15, 0.2) is 12.0 Å². The molecule has 0 bridgehead atoms. The number of aryl methyl sites for hydroxylation is 1. The minimum Gasteiger partial charge on any atom is -0.451 e. The fraction of sp³-hybridized carbons (Fsp3) is 0.0667. The van der Waals surface area contributed by atoms with Crippen molar-refractivity contribution in [3.8, 4) is 0 Å². The maximum absolute atomic E-state index is 13.9. The summed E-state index contributed by atoms with van der Waals surface area (Å²) >= 11 is 0. The Morgan fingerprint density at radius 2 is 1.95 bits per heavy atom. The van der Waals surface area contributed by atoms with Gasteiger partial charge in [-0.2, -0.15) is 0 Å². The van der Waals surface area contributed by atoms with Gasteiger partial charge in [0.2, 0.25) is 0 Å². The minimum absolute atomic E-state index is 0.0441. The average Bonchev–Trinajstić information content (AvgIpc) is 2.80. The van der Waals surface area contributed by atoms with Crippen LogP contribution in [0, 0.1) is 18.6 Å². The van der Waals surface area contributed by atoms with Crippen molar-refractivity contribution in [2.24, 2.45) is 0 Å². The predicted molar refractivity (Wildman–Crippen MR) is 73.8 cm³/mol. The molecule has 0 aliphatic heterocycles. The predicted octanol–water partition coefficient (Wildman–Crippen LogP) is 3.97. The van der Waals surface area contributed by atoms with Gasteiger partial charge in [-0.25, -0.2) is 8.78 Å². The topological polar surface area (TPSA) is 55.1 Å². The zero-order chi connectivity index (χ0) is 15.0. The summed E-state index contributed by atoms with van der Waals surface area (Å²) in [6, 6.07) is 3.97. The van der Waals surface area contributed by atoms with Gasteiger partial charge in [0.1, 0.15) is 22.9 Å². The number of aromatic nitrogens is 1. The summed E-state index contributed by atoms with van der Waals surface area (Å²) in [6.07, 6.45) is 3.43. The van der Waals surface area contributed by atoms with Gasteiger partial charge in [-0.3, -0.25) is 9.78 Å². The molecular formula is C15H10F2N2O2. The van der Waals surface area contributed by atoms with Crippen LogP contribution in [0.4, 0.5) is 20.2 Å². The van der Waals surface area contributed by atoms with Crippen LogP contribution in [0.15, 0.2) is 35.0 Å². The van der Waals surface area contributed by atoms with Crippen molar-refractivity contribution in [1.82, 2.24) is 4.98 Å². The lowest BCUT2D eigenvalue weighted by Gasteiger charge is -2.08. The Balaban J connectivity index is 2.16. The third kappa shape index (κ3) is 2.24. The van der Waals surface area contributed by atoms with Crippen LogP contribution in [-0.4, -0.2) is 11.3 Å². The highest BCUT2D eigenvalue weighted by molar-refractivity contribution is 6.00. The number of carbonyl (C=O) groups is 1. The van der Waals surface area contributed by atoms with Crippen LogP contribution in [0.3, 0.4) is 0 Å². The lowest BCUT2D eigenvalue weighted by atomic mass is 10.2. The largest absolute Gasteiger partial charge is 0.451 e. The number of anilines is 2. The van der Waals surface area contributed by atoms with Crippen LogP contribution in [0.5, 0.6) is 0 Å². The number of nitrogens with zero attached hydrogens (tertiary/aromatic N) is 1. The van der Waals surface area contributed by atoms with Crippen LogP contribution in [0.25, 0.3) is 11.0 Å². The normalized spacial score (nSPS) is 10.8. The molecule has 0 fully saturated rings. The molecular weight excluding hydrogens is 278 g/mol. The Morgan fingerprint density at radius 1 is 1.24 bits per heavy atom. The molecule has 2 aromatic heterocycles. The highest BCUT2D eigenvalue weighted by Crippen LogP contribution is 2.33. The second-order valence-corrected chi connectivity index (χ2v) is 4.56. The maximum Gasteiger partial charge on any atom is 0.191 e. The van der Waals surface area contributed by atoms with Crippen molar-refractivity contribution < 1.29 is 18.0 Å². The summed E-state index contributed by atoms with van der Waals surface area (Å²) in [5.74, 6) is -1.54. The molecule has 3 aromatic rings. The number of furan rings is 1. The van der Waals surface area contributed by atoms with Crippen molar-refractivity contribution in [2.45, 2.75) is 6.92 Å². The summed E-state index contributed by atoms with van der Waals surface area (Å²) in [4.78, 5) is 15.0. The highest BCUT2D eigenvalue weighted by atomic mass is 19.1. The van der Waals surface area contributed by atoms with E-state index in [-0.39, 0.29) is 17.1 Å². The van der Waals surface area contributed by atoms with Gasteiger partial charge in [-0.1, -0.05) is 0 Å². The Hall–Kier alpha value is -2.76. The van der Waals surface area contributed by atoms with Gasteiger partial charge in [0.05, 0.1) is 11.1 Å². The van der Waals surface area contributed by atoms with Gasteiger partial charge < -0.3 is 9.73 Å². The van der Waals surface area contributed by atoms with E-state index in [1.54, 1.807) is 13.0 Å². The molecule has 0 spiro atoms. The van der Waals surface area contributed by atoms with Crippen LogP contribution in [0.2, 0.25) is 0 Å². The second-order valence-electron chi connectivity index (χ2n) is 4.56. The summed E-state index contributed by atoms with van der Waals surface area (Å²) in [7, 11) is 0. The first-order valence-corrected chi connectivity index (χ1v) is 6.14. The Morgan fingerprint density at radius 3 is 2.62 bits per heavy atom. The van der Waals surface area contributed by atoms with Gasteiger partial charge in [-0.15, -0.1) is 0 Å². The SMILES string of the molecule is Cc1cc(F)c(Nc2c(C=O)oc3ccncc23)c(F)c1. The highest BCUT2D eigenvalue weighted by Gasteiger charge is 2.18. The van der Waals surface area contributed by atoms with Crippen molar-refractivity contribution in [2.75, 3.05) is 5.32 Å². The number of carbonyl (C=O) groups excluding carboxylic acids is 1. The Labute approximate surface area is 118 Å². The van der Waals surface area contributed by atoms with E-state index in [1.807, 2.05) is 0 Å². The maximum atomic E-state index is 13.9. The molecule has 0 amide bonds. The average molecular weight is 288 g/mol. The smallest absolute Gasteiger partial charge is 0.191 e. The third-order valence-corrected chi connectivity index (χ3v) is 3.06. The molecule has 106 valence electrons. The fourth-order valence-electron chi connectivity index (χ4n) is 2.12. The third-order valence-electron chi connectivity index (χ3n) is 3.06. The zero-order valence-corrected chi connectivity index (χ0v) is 11.0. The Kier molecular flexibility index (Phi) is 3.13. The molecule has 1 aromatic carbocycles. The number of aldehydes is 1. The Bertz CT molecular complexity index is 820. The molecule has 1 N–H and O–H groups in total. The van der Waals surface area contributed by atoms with E-state index in [2.05, 4.69) is 10.3 Å². The van der Waals surface area contributed by atoms with E-state index in [1.165, 1.54) is 24.5 Å². The number of hydrogen-bond donors (Lipinski definition) is 1. The zero-order valence-electron chi connectivity index (χ0n) is 11.0. The summed E-state index contributed by atoms with van der Waals surface area (Å²) in [5, 5.41) is 3.07. The molecule has 0 saturated carbocycles. The van der Waals surface area contributed by atoms with Crippen molar-refractivity contribution in [3.05, 3.63) is 53.6 Å². The number of hydrogen-bond acceptors (Lipinski definition) is 4. The molecule has 0 saturated heterocycles. The van der Waals surface area contributed by atoms with Crippen LogP contribution in [0.1, 0.15) is 16.1 Å². The summed E-state index contributed by atoms with van der Waals surface area (Å²) in [6.45, 7) is 1.59. The van der Waals surface area contributed by atoms with E-state index in [0.29, 0.717) is 22.8 Å². The van der Waals surface area contributed by atoms with Gasteiger partial charge in [0.25, 0.3) is 0 Å². The number of pyridine rings is 1. The van der Waals surface area contributed by atoms with Crippen molar-refractivity contribution >= 4 is 28.6 Å². The number of fused-ring (bicyclic) bond motifs is 1. The number of nitrogens with one attached hydrogen (secondary N) is 1. The monoisotopic (exact) mass is 288 g/mol. The molecule has 0 aliphatic rings. The fourth-order valence-corrected chi connectivity index (χ4v) is 2.12. The van der Waals surface area contributed by atoms with E-state index >= 15 is 0 Å². The molecule has 3 rings (SSSR count). The van der Waals surface area contributed by atoms with E-state index in [4.69, 9.17) is 4.42 Å². The molecule has 2 heterocycles. The molecule has 4 nitrogen and oxygen atoms in total. The van der Waals surface area contributed by atoms with Crippen molar-refractivity contribution in [1.29, 1.82) is 0 Å². The molecule has 0 aliphatic carbocycles. The number of halogens is 2. The molecule has 6 heteroatoms. The first-order chi connectivity index (χ1) is 10.1. The quantitative estimate of drug-likeness (QED) is 0.741. The minimum atomic E-state index is -0.748. The van der Waals surface area contributed by atoms with E-state index < -0.39 is 11.6 Å². The van der Waals surface area contributed by atoms with Gasteiger partial charge in [-0.05, 0) is 30.7 Å². The summed E-state index contributed by atoms with van der Waals surface area (Å²) in [5.41, 5.74) is 0.720. The first-order valence-electron chi connectivity index (χ1n) is 6.14. The lowest BCUT2D eigenvalue weighted by Crippen LogP contribution is -1.99. The molecule has 21 heavy (non-hydrogen) atoms. The standard InChI is InChI=1S/C15H10F2N2O2/c1-8-4-10(16)15(11(17)5-8)19-14-9-6-18-3-2-12(9)21-13(14)7-20/h2-7,19H,1H3. The van der Waals surface area contributed by atoms with Crippen molar-refractivity contribution in [3.63, 3.8) is 0 Å². The number of rotatable bonds is 3. The second kappa shape index (κ2) is 4.97. The van der Waals surface area contributed by atoms with Crippen LogP contribution >= 0.6 is 0 Å². The number of benzene rings is 1. The van der Waals surface area contributed by atoms with Crippen LogP contribution in [-0.2, 0) is 0 Å². The first kappa shape index (κ1) is 13.2. The molecule has 0 radical (unpaired) electrons. The lowest BCUT2D eigenvalue weighted by molar-refractivity contribution is 0.110. The molecule has 0 unspecified atom stereocenters.